The average molecular weight is 291 g/mol. The number of ether oxygens (including phenoxy) is 1. The Labute approximate surface area is 120 Å². The first-order valence-electron chi connectivity index (χ1n) is 6.31. The molecule has 0 radical (unpaired) electrons. The van der Waals surface area contributed by atoms with E-state index in [1.165, 1.54) is 24.5 Å². The summed E-state index contributed by atoms with van der Waals surface area (Å²) in [4.78, 5) is 23.3. The Balaban J connectivity index is 1.82. The lowest BCUT2D eigenvalue weighted by atomic mass is 10.2. The van der Waals surface area contributed by atoms with Crippen molar-refractivity contribution in [3.05, 3.63) is 59.8 Å². The van der Waals surface area contributed by atoms with Gasteiger partial charge < -0.3 is 14.5 Å². The molecule has 0 saturated heterocycles. The zero-order valence-corrected chi connectivity index (χ0v) is 11.3. The van der Waals surface area contributed by atoms with E-state index in [0.29, 0.717) is 5.76 Å². The Bertz CT molecular complexity index is 624. The van der Waals surface area contributed by atoms with Gasteiger partial charge in [0.15, 0.2) is 6.61 Å². The second-order valence-corrected chi connectivity index (χ2v) is 4.39. The van der Waals surface area contributed by atoms with E-state index in [2.05, 4.69) is 5.32 Å². The second kappa shape index (κ2) is 6.69. The van der Waals surface area contributed by atoms with Gasteiger partial charge in [0, 0.05) is 0 Å². The molecule has 5 nitrogen and oxygen atoms in total. The van der Waals surface area contributed by atoms with E-state index in [1.807, 2.05) is 0 Å². The van der Waals surface area contributed by atoms with Crippen LogP contribution in [0.25, 0.3) is 0 Å². The molecule has 0 aliphatic carbocycles. The van der Waals surface area contributed by atoms with Crippen LogP contribution in [0.5, 0.6) is 0 Å². The highest BCUT2D eigenvalue weighted by atomic mass is 19.1. The molecule has 0 aliphatic heterocycles. The molecule has 1 aromatic heterocycles. The quantitative estimate of drug-likeness (QED) is 0.859. The summed E-state index contributed by atoms with van der Waals surface area (Å²) >= 11 is 0. The third-order valence-corrected chi connectivity index (χ3v) is 2.74. The number of esters is 1. The van der Waals surface area contributed by atoms with Crippen LogP contribution in [0.4, 0.5) is 4.39 Å². The summed E-state index contributed by atoms with van der Waals surface area (Å²) in [6, 6.07) is 8.17. The fraction of sp³-hybridized carbons (Fsp3) is 0.200. The molecule has 0 aliphatic rings. The van der Waals surface area contributed by atoms with Crippen molar-refractivity contribution in [3.8, 4) is 0 Å². The maximum absolute atomic E-state index is 13.0. The molecule has 1 amide bonds. The van der Waals surface area contributed by atoms with Gasteiger partial charge >= 0.3 is 5.97 Å². The number of hydrogen-bond donors (Lipinski definition) is 1. The first kappa shape index (κ1) is 14.8. The number of hydrogen-bond acceptors (Lipinski definition) is 4. The maximum Gasteiger partial charge on any atom is 0.338 e. The summed E-state index contributed by atoms with van der Waals surface area (Å²) in [6.07, 6.45) is 1.50. The lowest BCUT2D eigenvalue weighted by Gasteiger charge is -2.11. The van der Waals surface area contributed by atoms with Crippen LogP contribution >= 0.6 is 0 Å². The molecule has 110 valence electrons. The predicted octanol–water partition coefficient (Wildman–Crippen LogP) is 2.45. The Hall–Kier alpha value is -2.63. The number of benzene rings is 1. The van der Waals surface area contributed by atoms with Crippen LogP contribution in [0.15, 0.2) is 47.1 Å². The molecule has 21 heavy (non-hydrogen) atoms. The Morgan fingerprint density at radius 2 is 2.14 bits per heavy atom. The van der Waals surface area contributed by atoms with Gasteiger partial charge in [0.25, 0.3) is 5.91 Å². The molecule has 2 aromatic rings. The summed E-state index contributed by atoms with van der Waals surface area (Å²) in [5.41, 5.74) is 0.0573. The molecule has 0 fully saturated rings. The largest absolute Gasteiger partial charge is 0.467 e. The van der Waals surface area contributed by atoms with Gasteiger partial charge in [-0.1, -0.05) is 6.07 Å². The SMILES string of the molecule is C[C@@H](NC(=O)COC(=O)c1cccc(F)c1)c1ccco1. The number of halogens is 1. The summed E-state index contributed by atoms with van der Waals surface area (Å²) in [7, 11) is 0. The van der Waals surface area contributed by atoms with Gasteiger partial charge in [-0.15, -0.1) is 0 Å². The summed E-state index contributed by atoms with van der Waals surface area (Å²) in [5.74, 6) is -1.17. The molecule has 0 spiro atoms. The fourth-order valence-electron chi connectivity index (χ4n) is 1.72. The molecule has 6 heteroatoms. The molecule has 2 rings (SSSR count). The molecule has 1 aromatic carbocycles. The van der Waals surface area contributed by atoms with E-state index < -0.39 is 24.3 Å². The Morgan fingerprint density at radius 1 is 1.33 bits per heavy atom. The second-order valence-electron chi connectivity index (χ2n) is 4.39. The van der Waals surface area contributed by atoms with Crippen molar-refractivity contribution < 1.29 is 23.1 Å². The number of furan rings is 1. The van der Waals surface area contributed by atoms with Crippen LogP contribution in [-0.4, -0.2) is 18.5 Å². The number of rotatable bonds is 5. The average Bonchev–Trinajstić information content (AvgIpc) is 2.99. The van der Waals surface area contributed by atoms with Crippen molar-refractivity contribution in [2.45, 2.75) is 13.0 Å². The van der Waals surface area contributed by atoms with E-state index in [9.17, 15) is 14.0 Å². The van der Waals surface area contributed by atoms with Gasteiger partial charge in [0.1, 0.15) is 11.6 Å². The zero-order chi connectivity index (χ0) is 15.2. The topological polar surface area (TPSA) is 68.5 Å². The van der Waals surface area contributed by atoms with Gasteiger partial charge in [-0.05, 0) is 37.3 Å². The van der Waals surface area contributed by atoms with Gasteiger partial charge in [-0.3, -0.25) is 4.79 Å². The van der Waals surface area contributed by atoms with E-state index in [-0.39, 0.29) is 11.6 Å². The van der Waals surface area contributed by atoms with Crippen LogP contribution in [-0.2, 0) is 9.53 Å². The minimum absolute atomic E-state index is 0.0573. The van der Waals surface area contributed by atoms with Crippen molar-refractivity contribution in [1.29, 1.82) is 0 Å². The van der Waals surface area contributed by atoms with Crippen molar-refractivity contribution in [3.63, 3.8) is 0 Å². The Kier molecular flexibility index (Phi) is 4.71. The van der Waals surface area contributed by atoms with Crippen molar-refractivity contribution in [2.24, 2.45) is 0 Å². The number of amides is 1. The third kappa shape index (κ3) is 4.17. The highest BCUT2D eigenvalue weighted by molar-refractivity contribution is 5.91. The standard InChI is InChI=1S/C15H14FNO4/c1-10(13-6-3-7-20-13)17-14(18)9-21-15(19)11-4-2-5-12(16)8-11/h2-8,10H,9H2,1H3,(H,17,18)/t10-/m1/s1. The highest BCUT2D eigenvalue weighted by Crippen LogP contribution is 2.12. The molecule has 1 heterocycles. The lowest BCUT2D eigenvalue weighted by molar-refractivity contribution is -0.125. The van der Waals surface area contributed by atoms with E-state index in [0.717, 1.165) is 6.07 Å². The van der Waals surface area contributed by atoms with Gasteiger partial charge in [0.2, 0.25) is 0 Å². The third-order valence-electron chi connectivity index (χ3n) is 2.74. The van der Waals surface area contributed by atoms with Crippen LogP contribution in [0.1, 0.15) is 29.1 Å². The van der Waals surface area contributed by atoms with Crippen LogP contribution in [0, 0.1) is 5.82 Å². The summed E-state index contributed by atoms with van der Waals surface area (Å²) in [5, 5.41) is 2.62. The molecule has 1 N–H and O–H groups in total. The number of carbonyl (C=O) groups excluding carboxylic acids is 2. The first-order valence-corrected chi connectivity index (χ1v) is 6.31. The smallest absolute Gasteiger partial charge is 0.338 e. The number of nitrogens with one attached hydrogen (secondary N) is 1. The van der Waals surface area contributed by atoms with E-state index in [1.54, 1.807) is 19.1 Å². The fourth-order valence-corrected chi connectivity index (χ4v) is 1.72. The van der Waals surface area contributed by atoms with Crippen molar-refractivity contribution in [1.82, 2.24) is 5.32 Å². The summed E-state index contributed by atoms with van der Waals surface area (Å²) in [6.45, 7) is 1.30. The van der Waals surface area contributed by atoms with E-state index >= 15 is 0 Å². The Morgan fingerprint density at radius 3 is 2.81 bits per heavy atom. The van der Waals surface area contributed by atoms with Gasteiger partial charge in [-0.25, -0.2) is 9.18 Å². The predicted molar refractivity (Wildman–Crippen MR) is 71.9 cm³/mol. The van der Waals surface area contributed by atoms with Crippen LogP contribution < -0.4 is 5.32 Å². The molecule has 0 unspecified atom stereocenters. The maximum atomic E-state index is 13.0. The van der Waals surface area contributed by atoms with Crippen LogP contribution in [0.2, 0.25) is 0 Å². The molecule has 0 saturated carbocycles. The zero-order valence-electron chi connectivity index (χ0n) is 11.3. The molecule has 0 bridgehead atoms. The van der Waals surface area contributed by atoms with Crippen molar-refractivity contribution >= 4 is 11.9 Å². The number of carbonyl (C=O) groups is 2. The monoisotopic (exact) mass is 291 g/mol. The normalized spacial score (nSPS) is 11.7. The molecule has 1 atom stereocenters. The van der Waals surface area contributed by atoms with Crippen LogP contribution in [0.3, 0.4) is 0 Å². The minimum Gasteiger partial charge on any atom is -0.467 e. The molecular weight excluding hydrogens is 277 g/mol. The summed E-state index contributed by atoms with van der Waals surface area (Å²) < 4.78 is 22.9. The van der Waals surface area contributed by atoms with Crippen molar-refractivity contribution in [2.75, 3.05) is 6.61 Å². The first-order chi connectivity index (χ1) is 10.1. The van der Waals surface area contributed by atoms with Gasteiger partial charge in [0.05, 0.1) is 17.9 Å². The van der Waals surface area contributed by atoms with E-state index in [4.69, 9.17) is 9.15 Å². The lowest BCUT2D eigenvalue weighted by Crippen LogP contribution is -2.31. The highest BCUT2D eigenvalue weighted by Gasteiger charge is 2.14. The van der Waals surface area contributed by atoms with Gasteiger partial charge in [-0.2, -0.15) is 0 Å². The molecular formula is C15H14FNO4. The minimum atomic E-state index is -0.754.